The molecule has 0 aromatic carbocycles. The SMILES string of the molecule is CCCCNC(=S)N/N=C1\CC(C)CC(C)(C)C1. The van der Waals surface area contributed by atoms with Gasteiger partial charge in [-0.3, -0.25) is 5.43 Å². The van der Waals surface area contributed by atoms with E-state index in [1.165, 1.54) is 18.6 Å². The van der Waals surface area contributed by atoms with Crippen LogP contribution in [0.5, 0.6) is 0 Å². The Balaban J connectivity index is 2.39. The Morgan fingerprint density at radius 2 is 2.22 bits per heavy atom. The molecular weight excluding hydrogens is 242 g/mol. The van der Waals surface area contributed by atoms with Crippen LogP contribution in [-0.2, 0) is 0 Å². The molecule has 1 atom stereocenters. The molecule has 3 nitrogen and oxygen atoms in total. The van der Waals surface area contributed by atoms with Crippen molar-refractivity contribution in [3.8, 4) is 0 Å². The lowest BCUT2D eigenvalue weighted by Gasteiger charge is -2.34. The van der Waals surface area contributed by atoms with Crippen molar-refractivity contribution in [1.29, 1.82) is 0 Å². The highest BCUT2D eigenvalue weighted by Crippen LogP contribution is 2.36. The standard InChI is InChI=1S/C14H27N3S/c1-5-6-7-15-13(18)17-16-12-8-11(2)9-14(3,4)10-12/h11H,5-10H2,1-4H3,(H2,15,17,18)/b16-12+. The first-order valence-electron chi connectivity index (χ1n) is 7.02. The lowest BCUT2D eigenvalue weighted by molar-refractivity contribution is 0.265. The molecule has 1 aliphatic rings. The van der Waals surface area contributed by atoms with Crippen LogP contribution >= 0.6 is 12.2 Å². The summed E-state index contributed by atoms with van der Waals surface area (Å²) >= 11 is 5.19. The fourth-order valence-electron chi connectivity index (χ4n) is 2.75. The van der Waals surface area contributed by atoms with Crippen LogP contribution in [0.4, 0.5) is 0 Å². The van der Waals surface area contributed by atoms with Gasteiger partial charge in [-0.05, 0) is 49.2 Å². The zero-order valence-corrected chi connectivity index (χ0v) is 13.0. The Labute approximate surface area is 117 Å². The first-order chi connectivity index (χ1) is 8.43. The third kappa shape index (κ3) is 5.80. The molecule has 1 aliphatic carbocycles. The molecule has 18 heavy (non-hydrogen) atoms. The minimum Gasteiger partial charge on any atom is -0.361 e. The maximum Gasteiger partial charge on any atom is 0.186 e. The normalized spacial score (nSPS) is 24.9. The molecule has 2 N–H and O–H groups in total. The predicted octanol–water partition coefficient (Wildman–Crippen LogP) is 3.45. The zero-order valence-electron chi connectivity index (χ0n) is 12.2. The summed E-state index contributed by atoms with van der Waals surface area (Å²) in [5.74, 6) is 0.718. The number of nitrogens with zero attached hydrogens (tertiary/aromatic N) is 1. The van der Waals surface area contributed by atoms with E-state index in [1.54, 1.807) is 0 Å². The summed E-state index contributed by atoms with van der Waals surface area (Å²) in [5, 5.41) is 8.28. The molecule has 0 aromatic rings. The van der Waals surface area contributed by atoms with Gasteiger partial charge in [-0.2, -0.15) is 5.10 Å². The Hall–Kier alpha value is -0.640. The van der Waals surface area contributed by atoms with E-state index >= 15 is 0 Å². The quantitative estimate of drug-likeness (QED) is 0.466. The minimum atomic E-state index is 0.370. The van der Waals surface area contributed by atoms with Gasteiger partial charge < -0.3 is 5.32 Å². The van der Waals surface area contributed by atoms with E-state index in [9.17, 15) is 0 Å². The molecule has 0 saturated heterocycles. The Bertz CT molecular complexity index is 310. The number of unbranched alkanes of at least 4 members (excludes halogenated alkanes) is 1. The van der Waals surface area contributed by atoms with E-state index in [0.29, 0.717) is 10.5 Å². The van der Waals surface area contributed by atoms with Crippen LogP contribution in [-0.4, -0.2) is 17.4 Å². The summed E-state index contributed by atoms with van der Waals surface area (Å²) in [6, 6.07) is 0. The maximum absolute atomic E-state index is 5.19. The summed E-state index contributed by atoms with van der Waals surface area (Å²) in [7, 11) is 0. The summed E-state index contributed by atoms with van der Waals surface area (Å²) in [4.78, 5) is 0. The van der Waals surface area contributed by atoms with E-state index in [-0.39, 0.29) is 0 Å². The molecule has 1 saturated carbocycles. The molecule has 0 radical (unpaired) electrons. The average molecular weight is 269 g/mol. The molecule has 4 heteroatoms. The second-order valence-electron chi connectivity index (χ2n) is 6.25. The van der Waals surface area contributed by atoms with Gasteiger partial charge >= 0.3 is 0 Å². The first kappa shape index (κ1) is 15.4. The third-order valence-electron chi connectivity index (χ3n) is 3.30. The van der Waals surface area contributed by atoms with Crippen molar-refractivity contribution in [3.05, 3.63) is 0 Å². The topological polar surface area (TPSA) is 36.4 Å². The molecule has 0 aliphatic heterocycles. The lowest BCUT2D eigenvalue weighted by Crippen LogP contribution is -2.35. The minimum absolute atomic E-state index is 0.370. The molecule has 104 valence electrons. The van der Waals surface area contributed by atoms with Crippen LogP contribution in [0.3, 0.4) is 0 Å². The molecular formula is C14H27N3S. The highest BCUT2D eigenvalue weighted by molar-refractivity contribution is 7.80. The number of hydrazone groups is 1. The van der Waals surface area contributed by atoms with Gasteiger partial charge in [0.05, 0.1) is 0 Å². The van der Waals surface area contributed by atoms with Gasteiger partial charge in [0.25, 0.3) is 0 Å². The van der Waals surface area contributed by atoms with E-state index in [4.69, 9.17) is 12.2 Å². The van der Waals surface area contributed by atoms with Crippen molar-refractivity contribution in [2.24, 2.45) is 16.4 Å². The summed E-state index contributed by atoms with van der Waals surface area (Å²) in [5.41, 5.74) is 4.60. The van der Waals surface area contributed by atoms with Crippen molar-refractivity contribution in [2.75, 3.05) is 6.54 Å². The van der Waals surface area contributed by atoms with Gasteiger partial charge in [-0.25, -0.2) is 0 Å². The van der Waals surface area contributed by atoms with Crippen LogP contribution in [0.15, 0.2) is 5.10 Å². The van der Waals surface area contributed by atoms with Gasteiger partial charge in [0.15, 0.2) is 5.11 Å². The summed E-state index contributed by atoms with van der Waals surface area (Å²) in [6.45, 7) is 10.0. The Morgan fingerprint density at radius 1 is 1.50 bits per heavy atom. The van der Waals surface area contributed by atoms with Crippen molar-refractivity contribution < 1.29 is 0 Å². The van der Waals surface area contributed by atoms with Gasteiger partial charge in [-0.15, -0.1) is 0 Å². The van der Waals surface area contributed by atoms with Gasteiger partial charge in [0, 0.05) is 12.3 Å². The van der Waals surface area contributed by atoms with Crippen molar-refractivity contribution in [1.82, 2.24) is 10.7 Å². The van der Waals surface area contributed by atoms with E-state index in [1.807, 2.05) is 0 Å². The largest absolute Gasteiger partial charge is 0.361 e. The predicted molar refractivity (Wildman–Crippen MR) is 82.9 cm³/mol. The van der Waals surface area contributed by atoms with Gasteiger partial charge in [0.1, 0.15) is 0 Å². The molecule has 0 spiro atoms. The third-order valence-corrected chi connectivity index (χ3v) is 3.53. The van der Waals surface area contributed by atoms with Gasteiger partial charge in [-0.1, -0.05) is 34.1 Å². The van der Waals surface area contributed by atoms with Crippen molar-refractivity contribution in [3.63, 3.8) is 0 Å². The van der Waals surface area contributed by atoms with Crippen molar-refractivity contribution in [2.45, 2.75) is 59.8 Å². The van der Waals surface area contributed by atoms with E-state index in [0.717, 1.165) is 31.7 Å². The Kier molecular flexibility index (Phi) is 6.06. The molecule has 0 aromatic heterocycles. The Morgan fingerprint density at radius 3 is 2.83 bits per heavy atom. The van der Waals surface area contributed by atoms with Crippen LogP contribution in [0.2, 0.25) is 0 Å². The second-order valence-corrected chi connectivity index (χ2v) is 6.66. The molecule has 0 heterocycles. The van der Waals surface area contributed by atoms with Crippen LogP contribution in [0.1, 0.15) is 59.8 Å². The number of thiocarbonyl (C=S) groups is 1. The average Bonchev–Trinajstić information content (AvgIpc) is 2.24. The van der Waals surface area contributed by atoms with Gasteiger partial charge in [0.2, 0.25) is 0 Å². The van der Waals surface area contributed by atoms with E-state index in [2.05, 4.69) is 43.5 Å². The number of hydrogen-bond acceptors (Lipinski definition) is 2. The fourth-order valence-corrected chi connectivity index (χ4v) is 2.90. The highest BCUT2D eigenvalue weighted by Gasteiger charge is 2.29. The summed E-state index contributed by atoms with van der Waals surface area (Å²) < 4.78 is 0. The molecule has 0 amide bonds. The highest BCUT2D eigenvalue weighted by atomic mass is 32.1. The smallest absolute Gasteiger partial charge is 0.186 e. The number of hydrogen-bond donors (Lipinski definition) is 2. The number of rotatable bonds is 4. The summed E-state index contributed by atoms with van der Waals surface area (Å²) in [6.07, 6.45) is 5.76. The lowest BCUT2D eigenvalue weighted by atomic mass is 9.72. The molecule has 1 rings (SSSR count). The maximum atomic E-state index is 5.19. The van der Waals surface area contributed by atoms with E-state index < -0.39 is 0 Å². The molecule has 0 bridgehead atoms. The monoisotopic (exact) mass is 269 g/mol. The fraction of sp³-hybridized carbons (Fsp3) is 0.857. The first-order valence-corrected chi connectivity index (χ1v) is 7.43. The van der Waals surface area contributed by atoms with Crippen LogP contribution < -0.4 is 10.7 Å². The van der Waals surface area contributed by atoms with Crippen LogP contribution in [0, 0.1) is 11.3 Å². The number of nitrogens with one attached hydrogen (secondary N) is 2. The zero-order chi connectivity index (χ0) is 13.6. The van der Waals surface area contributed by atoms with Crippen molar-refractivity contribution >= 4 is 23.0 Å². The van der Waals surface area contributed by atoms with Crippen LogP contribution in [0.25, 0.3) is 0 Å². The molecule has 1 unspecified atom stereocenters. The molecule has 1 fully saturated rings. The second kappa shape index (κ2) is 7.07.